The quantitative estimate of drug-likeness (QED) is 0.109. The molecule has 2 aromatic rings. The molecule has 0 unspecified atom stereocenters. The van der Waals surface area contributed by atoms with Crippen LogP contribution >= 0.6 is 23.5 Å². The highest BCUT2D eigenvalue weighted by molar-refractivity contribution is 7.99. The molecule has 1 aromatic heterocycles. The lowest BCUT2D eigenvalue weighted by Crippen LogP contribution is -2.12. The maximum Gasteiger partial charge on any atom is 0.232 e. The number of phenols is 1. The second kappa shape index (κ2) is 17.2. The van der Waals surface area contributed by atoms with E-state index in [1.54, 1.807) is 23.5 Å². The summed E-state index contributed by atoms with van der Waals surface area (Å²) in [5.41, 5.74) is 2.49. The molecule has 208 valence electrons. The van der Waals surface area contributed by atoms with Crippen LogP contribution in [-0.4, -0.2) is 31.6 Å². The van der Waals surface area contributed by atoms with Crippen molar-refractivity contribution < 1.29 is 5.11 Å². The number of phenolic OH excluding ortho intramolecular Hbond substituents is 1. The average Bonchev–Trinajstić information content (AvgIpc) is 2.84. The third-order valence-corrected chi connectivity index (χ3v) is 8.28. The first-order valence-corrected chi connectivity index (χ1v) is 16.3. The number of rotatable bonds is 18. The zero-order valence-corrected chi connectivity index (χ0v) is 25.8. The lowest BCUT2D eigenvalue weighted by molar-refractivity contribution is 0.443. The van der Waals surface area contributed by atoms with E-state index in [2.05, 4.69) is 39.9 Å². The van der Waals surface area contributed by atoms with Gasteiger partial charge in [-0.2, -0.15) is 15.0 Å². The highest BCUT2D eigenvalue weighted by atomic mass is 32.2. The third kappa shape index (κ3) is 12.3. The Balaban J connectivity index is 2.09. The number of nitrogens with one attached hydrogen (secondary N) is 1. The molecule has 2 N–H and O–H groups in total. The van der Waals surface area contributed by atoms with Gasteiger partial charge in [-0.05, 0) is 42.9 Å². The summed E-state index contributed by atoms with van der Waals surface area (Å²) in [4.78, 5) is 14.3. The van der Waals surface area contributed by atoms with Crippen LogP contribution < -0.4 is 5.32 Å². The Morgan fingerprint density at radius 3 is 1.70 bits per heavy atom. The van der Waals surface area contributed by atoms with Gasteiger partial charge >= 0.3 is 0 Å². The van der Waals surface area contributed by atoms with Gasteiger partial charge in [-0.3, -0.25) is 0 Å². The van der Waals surface area contributed by atoms with Crippen molar-refractivity contribution in [3.05, 3.63) is 23.3 Å². The number of hydrogen-bond acceptors (Lipinski definition) is 7. The standard InChI is InChI=1S/C30H50N4OS2/c1-7-9-11-13-15-17-19-36-28-32-27(33-29(34-28)37-20-18-16-14-12-10-8-2)31-24-21-23(3)26(35)25(22-24)30(4,5)6/h21-22,35H,7-20H2,1-6H3,(H,31,32,33,34). The lowest BCUT2D eigenvalue weighted by atomic mass is 9.85. The summed E-state index contributed by atoms with van der Waals surface area (Å²) in [6, 6.07) is 3.97. The molecule has 0 radical (unpaired) electrons. The smallest absolute Gasteiger partial charge is 0.232 e. The van der Waals surface area contributed by atoms with Crippen LogP contribution in [0.1, 0.15) is 123 Å². The van der Waals surface area contributed by atoms with Crippen LogP contribution in [0.2, 0.25) is 0 Å². The van der Waals surface area contributed by atoms with Gasteiger partial charge in [0.15, 0.2) is 10.3 Å². The van der Waals surface area contributed by atoms with Gasteiger partial charge in [0.1, 0.15) is 5.75 Å². The van der Waals surface area contributed by atoms with Gasteiger partial charge in [0.2, 0.25) is 5.95 Å². The lowest BCUT2D eigenvalue weighted by Gasteiger charge is -2.22. The average molecular weight is 547 g/mol. The summed E-state index contributed by atoms with van der Waals surface area (Å²) < 4.78 is 0. The molecule has 2 rings (SSSR count). The Morgan fingerprint density at radius 1 is 0.730 bits per heavy atom. The molecule has 0 aliphatic carbocycles. The van der Waals surface area contributed by atoms with Gasteiger partial charge in [-0.1, -0.05) is 122 Å². The van der Waals surface area contributed by atoms with Gasteiger partial charge in [0.25, 0.3) is 0 Å². The number of unbranched alkanes of at least 4 members (excludes halogenated alkanes) is 10. The van der Waals surface area contributed by atoms with Crippen LogP contribution in [0, 0.1) is 6.92 Å². The minimum Gasteiger partial charge on any atom is -0.507 e. The molecule has 1 heterocycles. The van der Waals surface area contributed by atoms with Crippen molar-refractivity contribution >= 4 is 35.2 Å². The fraction of sp³-hybridized carbons (Fsp3) is 0.700. The van der Waals surface area contributed by atoms with Crippen molar-refractivity contribution in [3.63, 3.8) is 0 Å². The molecule has 0 amide bonds. The fourth-order valence-electron chi connectivity index (χ4n) is 4.17. The monoisotopic (exact) mass is 546 g/mol. The number of aromatic nitrogens is 3. The Morgan fingerprint density at radius 2 is 1.22 bits per heavy atom. The molecule has 0 aliphatic rings. The van der Waals surface area contributed by atoms with Crippen molar-refractivity contribution in [2.45, 2.75) is 134 Å². The molecule has 0 saturated carbocycles. The van der Waals surface area contributed by atoms with E-state index in [0.717, 1.165) is 38.6 Å². The highest BCUT2D eigenvalue weighted by Crippen LogP contribution is 2.36. The number of anilines is 2. The maximum absolute atomic E-state index is 10.6. The van der Waals surface area contributed by atoms with Gasteiger partial charge in [-0.15, -0.1) is 0 Å². The summed E-state index contributed by atoms with van der Waals surface area (Å²) in [6.45, 7) is 12.8. The van der Waals surface area contributed by atoms with Crippen LogP contribution in [0.25, 0.3) is 0 Å². The summed E-state index contributed by atoms with van der Waals surface area (Å²) >= 11 is 3.47. The van der Waals surface area contributed by atoms with E-state index in [-0.39, 0.29) is 5.41 Å². The number of aryl methyl sites for hydroxylation is 1. The molecular weight excluding hydrogens is 496 g/mol. The number of benzene rings is 1. The topological polar surface area (TPSA) is 70.9 Å². The largest absolute Gasteiger partial charge is 0.507 e. The molecule has 0 saturated heterocycles. The van der Waals surface area contributed by atoms with E-state index in [4.69, 9.17) is 15.0 Å². The van der Waals surface area contributed by atoms with Crippen molar-refractivity contribution in [2.24, 2.45) is 0 Å². The Hall–Kier alpha value is -1.47. The van der Waals surface area contributed by atoms with Gasteiger partial charge in [-0.25, -0.2) is 0 Å². The minimum absolute atomic E-state index is 0.165. The Kier molecular flexibility index (Phi) is 14.7. The first-order chi connectivity index (χ1) is 17.7. The van der Waals surface area contributed by atoms with Crippen molar-refractivity contribution in [2.75, 3.05) is 16.8 Å². The van der Waals surface area contributed by atoms with Gasteiger partial charge in [0.05, 0.1) is 0 Å². The van der Waals surface area contributed by atoms with Crippen LogP contribution in [0.3, 0.4) is 0 Å². The molecule has 0 atom stereocenters. The van der Waals surface area contributed by atoms with E-state index in [9.17, 15) is 5.11 Å². The van der Waals surface area contributed by atoms with Crippen molar-refractivity contribution in [3.8, 4) is 5.75 Å². The van der Waals surface area contributed by atoms with E-state index in [1.807, 2.05) is 19.1 Å². The van der Waals surface area contributed by atoms with Crippen molar-refractivity contribution in [1.82, 2.24) is 15.0 Å². The van der Waals surface area contributed by atoms with Crippen LogP contribution in [0.15, 0.2) is 22.4 Å². The van der Waals surface area contributed by atoms with Crippen LogP contribution in [0.5, 0.6) is 5.75 Å². The molecular formula is C30H50N4OS2. The number of thioether (sulfide) groups is 2. The zero-order chi connectivity index (χ0) is 27.1. The fourth-order valence-corrected chi connectivity index (χ4v) is 5.89. The van der Waals surface area contributed by atoms with Crippen LogP contribution in [-0.2, 0) is 5.41 Å². The summed E-state index contributed by atoms with van der Waals surface area (Å²) in [5, 5.41) is 15.6. The normalized spacial score (nSPS) is 11.7. The molecule has 0 fully saturated rings. The van der Waals surface area contributed by atoms with Crippen molar-refractivity contribution in [1.29, 1.82) is 0 Å². The summed E-state index contributed by atoms with van der Waals surface area (Å²) in [5.74, 6) is 3.00. The molecule has 0 spiro atoms. The first-order valence-electron chi connectivity index (χ1n) is 14.4. The predicted molar refractivity (Wildman–Crippen MR) is 163 cm³/mol. The number of nitrogens with zero attached hydrogens (tertiary/aromatic N) is 3. The molecule has 37 heavy (non-hydrogen) atoms. The summed E-state index contributed by atoms with van der Waals surface area (Å²) in [7, 11) is 0. The molecule has 7 heteroatoms. The Bertz CT molecular complexity index is 894. The zero-order valence-electron chi connectivity index (χ0n) is 24.2. The molecule has 1 aromatic carbocycles. The Labute approximate surface area is 234 Å². The molecule has 0 bridgehead atoms. The summed E-state index contributed by atoms with van der Waals surface area (Å²) in [6.07, 6.45) is 15.5. The van der Waals surface area contributed by atoms with E-state index in [1.165, 1.54) is 77.0 Å². The highest BCUT2D eigenvalue weighted by Gasteiger charge is 2.20. The van der Waals surface area contributed by atoms with Crippen LogP contribution in [0.4, 0.5) is 11.6 Å². The van der Waals surface area contributed by atoms with E-state index >= 15 is 0 Å². The van der Waals surface area contributed by atoms with Gasteiger partial charge in [0, 0.05) is 22.8 Å². The second-order valence-corrected chi connectivity index (χ2v) is 13.1. The molecule has 0 aliphatic heterocycles. The van der Waals surface area contributed by atoms with E-state index < -0.39 is 0 Å². The predicted octanol–water partition coefficient (Wildman–Crippen LogP) is 9.83. The maximum atomic E-state index is 10.6. The number of hydrogen-bond donors (Lipinski definition) is 2. The van der Waals surface area contributed by atoms with Gasteiger partial charge < -0.3 is 10.4 Å². The third-order valence-electron chi connectivity index (χ3n) is 6.42. The second-order valence-electron chi connectivity index (χ2n) is 11.0. The van der Waals surface area contributed by atoms with E-state index in [0.29, 0.717) is 11.7 Å². The molecule has 5 nitrogen and oxygen atoms in total. The number of aromatic hydroxyl groups is 1. The SMILES string of the molecule is CCCCCCCCSc1nc(Nc2cc(C)c(O)c(C(C)(C)C)c2)nc(SCCCCCCCC)n1. The minimum atomic E-state index is -0.165. The first kappa shape index (κ1) is 31.7.